The van der Waals surface area contributed by atoms with Gasteiger partial charge in [0.05, 0.1) is 0 Å². The molecule has 0 saturated carbocycles. The molecule has 1 aromatic carbocycles. The molecule has 0 bridgehead atoms. The predicted octanol–water partition coefficient (Wildman–Crippen LogP) is 2.17. The lowest BCUT2D eigenvalue weighted by atomic mass is 10.0. The maximum atomic E-state index is 11.9. The highest BCUT2D eigenvalue weighted by Gasteiger charge is 2.15. The number of benzene rings is 1. The third kappa shape index (κ3) is 7.34. The highest BCUT2D eigenvalue weighted by atomic mass is 16.4. The highest BCUT2D eigenvalue weighted by molar-refractivity contribution is 5.74. The van der Waals surface area contributed by atoms with Crippen molar-refractivity contribution in [1.82, 2.24) is 10.6 Å². The molecule has 5 nitrogen and oxygen atoms in total. The van der Waals surface area contributed by atoms with Crippen LogP contribution in [0.5, 0.6) is 0 Å². The Morgan fingerprint density at radius 2 is 1.95 bits per heavy atom. The van der Waals surface area contributed by atoms with Crippen molar-refractivity contribution in [3.05, 3.63) is 35.9 Å². The van der Waals surface area contributed by atoms with E-state index >= 15 is 0 Å². The van der Waals surface area contributed by atoms with Gasteiger partial charge in [0, 0.05) is 24.9 Å². The predicted molar refractivity (Wildman–Crippen MR) is 85.4 cm³/mol. The summed E-state index contributed by atoms with van der Waals surface area (Å²) in [5.41, 5.74) is 1.05. The number of aliphatic carboxylic acids is 1. The first-order valence-electron chi connectivity index (χ1n) is 7.27. The molecule has 0 aliphatic rings. The SMILES string of the molecule is C#CCC(C)NC(=O)NC(CCC(=O)O)Cc1ccccc1. The number of rotatable bonds is 8. The zero-order valence-electron chi connectivity index (χ0n) is 12.7. The van der Waals surface area contributed by atoms with Gasteiger partial charge in [-0.2, -0.15) is 0 Å². The Morgan fingerprint density at radius 1 is 1.27 bits per heavy atom. The van der Waals surface area contributed by atoms with Crippen LogP contribution in [-0.4, -0.2) is 29.2 Å². The van der Waals surface area contributed by atoms with E-state index in [-0.39, 0.29) is 24.5 Å². The van der Waals surface area contributed by atoms with Crippen LogP contribution in [-0.2, 0) is 11.2 Å². The first-order chi connectivity index (χ1) is 10.5. The van der Waals surface area contributed by atoms with Crippen molar-refractivity contribution in [2.75, 3.05) is 0 Å². The zero-order chi connectivity index (χ0) is 16.4. The van der Waals surface area contributed by atoms with Crippen LogP contribution >= 0.6 is 0 Å². The topological polar surface area (TPSA) is 78.4 Å². The Kier molecular flexibility index (Phi) is 7.55. The summed E-state index contributed by atoms with van der Waals surface area (Å²) < 4.78 is 0. The Labute approximate surface area is 131 Å². The number of nitrogens with one attached hydrogen (secondary N) is 2. The fourth-order valence-electron chi connectivity index (χ4n) is 2.10. The van der Waals surface area contributed by atoms with Gasteiger partial charge in [-0.3, -0.25) is 4.79 Å². The van der Waals surface area contributed by atoms with Gasteiger partial charge < -0.3 is 15.7 Å². The standard InChI is InChI=1S/C17H22N2O3/c1-3-7-13(2)18-17(22)19-15(10-11-16(20)21)12-14-8-5-4-6-9-14/h1,4-6,8-9,13,15H,7,10-12H2,2H3,(H,20,21)(H2,18,19,22). The summed E-state index contributed by atoms with van der Waals surface area (Å²) in [4.78, 5) is 22.7. The summed E-state index contributed by atoms with van der Waals surface area (Å²) in [6.45, 7) is 1.82. The summed E-state index contributed by atoms with van der Waals surface area (Å²) in [6.07, 6.45) is 6.63. The summed E-state index contributed by atoms with van der Waals surface area (Å²) in [6, 6.07) is 8.96. The minimum Gasteiger partial charge on any atom is -0.481 e. The van der Waals surface area contributed by atoms with Crippen LogP contribution < -0.4 is 10.6 Å². The molecule has 2 amide bonds. The van der Waals surface area contributed by atoms with Crippen molar-refractivity contribution in [2.24, 2.45) is 0 Å². The summed E-state index contributed by atoms with van der Waals surface area (Å²) in [5.74, 6) is 1.61. The van der Waals surface area contributed by atoms with Gasteiger partial charge in [-0.05, 0) is 25.3 Å². The molecule has 2 unspecified atom stereocenters. The minimum absolute atomic E-state index is 0.0116. The number of carboxylic acids is 1. The van der Waals surface area contributed by atoms with E-state index in [9.17, 15) is 9.59 Å². The van der Waals surface area contributed by atoms with Gasteiger partial charge in [0.25, 0.3) is 0 Å². The van der Waals surface area contributed by atoms with Gasteiger partial charge in [-0.15, -0.1) is 12.3 Å². The Hall–Kier alpha value is -2.48. The summed E-state index contributed by atoms with van der Waals surface area (Å²) >= 11 is 0. The molecular formula is C17H22N2O3. The molecular weight excluding hydrogens is 280 g/mol. The largest absolute Gasteiger partial charge is 0.481 e. The summed E-state index contributed by atoms with van der Waals surface area (Å²) in [7, 11) is 0. The van der Waals surface area contributed by atoms with Crippen LogP contribution in [0.2, 0.25) is 0 Å². The van der Waals surface area contributed by atoms with Gasteiger partial charge in [0.1, 0.15) is 0 Å². The van der Waals surface area contributed by atoms with Crippen molar-refractivity contribution in [3.63, 3.8) is 0 Å². The number of urea groups is 1. The highest BCUT2D eigenvalue weighted by Crippen LogP contribution is 2.08. The number of terminal acetylenes is 1. The molecule has 1 aromatic rings. The number of amides is 2. The molecule has 22 heavy (non-hydrogen) atoms. The number of hydrogen-bond acceptors (Lipinski definition) is 2. The Morgan fingerprint density at radius 3 is 2.55 bits per heavy atom. The average molecular weight is 302 g/mol. The zero-order valence-corrected chi connectivity index (χ0v) is 12.7. The van der Waals surface area contributed by atoms with Gasteiger partial charge >= 0.3 is 12.0 Å². The van der Waals surface area contributed by atoms with Crippen molar-refractivity contribution < 1.29 is 14.7 Å². The van der Waals surface area contributed by atoms with Gasteiger partial charge in [-0.25, -0.2) is 4.79 Å². The lowest BCUT2D eigenvalue weighted by Gasteiger charge is -2.20. The molecule has 0 aliphatic heterocycles. The minimum atomic E-state index is -0.874. The second-order valence-electron chi connectivity index (χ2n) is 5.25. The normalized spacial score (nSPS) is 12.7. The van der Waals surface area contributed by atoms with Crippen LogP contribution in [0.25, 0.3) is 0 Å². The van der Waals surface area contributed by atoms with Gasteiger partial charge in [-0.1, -0.05) is 30.3 Å². The molecule has 3 N–H and O–H groups in total. The number of hydrogen-bond donors (Lipinski definition) is 3. The Balaban J connectivity index is 2.59. The summed E-state index contributed by atoms with van der Waals surface area (Å²) in [5, 5.41) is 14.4. The lowest BCUT2D eigenvalue weighted by molar-refractivity contribution is -0.137. The van der Waals surface area contributed by atoms with E-state index in [4.69, 9.17) is 11.5 Å². The van der Waals surface area contributed by atoms with E-state index in [0.717, 1.165) is 5.56 Å². The first kappa shape index (κ1) is 17.6. The second-order valence-corrected chi connectivity index (χ2v) is 5.25. The van der Waals surface area contributed by atoms with E-state index in [2.05, 4.69) is 16.6 Å². The molecule has 0 saturated heterocycles. The third-order valence-electron chi connectivity index (χ3n) is 3.17. The fourth-order valence-corrected chi connectivity index (χ4v) is 2.10. The molecule has 0 radical (unpaired) electrons. The van der Waals surface area contributed by atoms with E-state index < -0.39 is 5.97 Å². The molecule has 0 fully saturated rings. The molecule has 2 atom stereocenters. The molecule has 0 aliphatic carbocycles. The number of carbonyl (C=O) groups is 2. The van der Waals surface area contributed by atoms with E-state index in [0.29, 0.717) is 19.3 Å². The first-order valence-corrected chi connectivity index (χ1v) is 7.27. The van der Waals surface area contributed by atoms with Crippen molar-refractivity contribution in [1.29, 1.82) is 0 Å². The van der Waals surface area contributed by atoms with Crippen LogP contribution in [0.4, 0.5) is 4.79 Å². The number of carboxylic acid groups (broad SMARTS) is 1. The third-order valence-corrected chi connectivity index (χ3v) is 3.17. The monoisotopic (exact) mass is 302 g/mol. The van der Waals surface area contributed by atoms with Crippen molar-refractivity contribution in [3.8, 4) is 12.3 Å². The lowest BCUT2D eigenvalue weighted by Crippen LogP contribution is -2.46. The van der Waals surface area contributed by atoms with Crippen LogP contribution in [0.3, 0.4) is 0 Å². The second kappa shape index (κ2) is 9.46. The maximum absolute atomic E-state index is 11.9. The van der Waals surface area contributed by atoms with E-state index in [1.54, 1.807) is 0 Å². The van der Waals surface area contributed by atoms with Crippen LogP contribution in [0.1, 0.15) is 31.7 Å². The van der Waals surface area contributed by atoms with Crippen LogP contribution in [0.15, 0.2) is 30.3 Å². The molecule has 0 heterocycles. The Bertz CT molecular complexity index is 522. The van der Waals surface area contributed by atoms with Crippen molar-refractivity contribution >= 4 is 12.0 Å². The molecule has 0 spiro atoms. The molecule has 5 heteroatoms. The van der Waals surface area contributed by atoms with E-state index in [1.807, 2.05) is 37.3 Å². The van der Waals surface area contributed by atoms with Gasteiger partial charge in [0.2, 0.25) is 0 Å². The number of carbonyl (C=O) groups excluding carboxylic acids is 1. The van der Waals surface area contributed by atoms with E-state index in [1.165, 1.54) is 0 Å². The van der Waals surface area contributed by atoms with Crippen LogP contribution in [0, 0.1) is 12.3 Å². The average Bonchev–Trinajstić information content (AvgIpc) is 2.46. The molecule has 1 rings (SSSR count). The quantitative estimate of drug-likeness (QED) is 0.644. The fraction of sp³-hybridized carbons (Fsp3) is 0.412. The van der Waals surface area contributed by atoms with Crippen molar-refractivity contribution in [2.45, 2.75) is 44.7 Å². The smallest absolute Gasteiger partial charge is 0.315 e. The molecule has 118 valence electrons. The van der Waals surface area contributed by atoms with Gasteiger partial charge in [0.15, 0.2) is 0 Å². The molecule has 0 aromatic heterocycles. The maximum Gasteiger partial charge on any atom is 0.315 e.